The number of phenols is 1. The quantitative estimate of drug-likeness (QED) is 0.608. The first kappa shape index (κ1) is 20.2. The lowest BCUT2D eigenvalue weighted by Gasteiger charge is -2.33. The maximum atomic E-state index is 13.3. The van der Waals surface area contributed by atoms with Crippen molar-refractivity contribution in [2.45, 2.75) is 52.6 Å². The van der Waals surface area contributed by atoms with Gasteiger partial charge in [-0.2, -0.15) is 13.2 Å². The van der Waals surface area contributed by atoms with E-state index in [0.717, 1.165) is 22.8 Å². The number of hydrogen-bond donors (Lipinski definition) is 1. The van der Waals surface area contributed by atoms with Gasteiger partial charge in [0, 0.05) is 0 Å². The molecule has 0 spiro atoms. The van der Waals surface area contributed by atoms with Gasteiger partial charge in [-0.25, -0.2) is 0 Å². The Kier molecular flexibility index (Phi) is 4.68. The van der Waals surface area contributed by atoms with E-state index in [1.807, 2.05) is 6.07 Å². The molecule has 0 aliphatic rings. The molecule has 0 fully saturated rings. The minimum Gasteiger partial charge on any atom is -0.506 e. The number of phenolic OH excluding ortho intramolecular Hbond substituents is 1. The molecule has 0 aliphatic carbocycles. The first-order valence-corrected chi connectivity index (χ1v) is 9.05. The zero-order chi connectivity index (χ0) is 20.9. The number of aromatic nitrogens is 3. The standard InChI is InChI=1S/C21H24F3N3O/c1-19(2,3)12-20(4,5)13-9-10-17(28)16(11-13)27-25-15-8-6-7-14(18(15)26-27)21(22,23)24/h6-11,28H,12H2,1-5H3. The summed E-state index contributed by atoms with van der Waals surface area (Å²) < 4.78 is 39.8. The Labute approximate surface area is 162 Å². The summed E-state index contributed by atoms with van der Waals surface area (Å²) in [5, 5.41) is 18.5. The molecule has 1 heterocycles. The van der Waals surface area contributed by atoms with Crippen LogP contribution in [-0.4, -0.2) is 20.1 Å². The number of rotatable bonds is 3. The van der Waals surface area contributed by atoms with Crippen molar-refractivity contribution in [3.05, 3.63) is 47.5 Å². The van der Waals surface area contributed by atoms with E-state index in [-0.39, 0.29) is 33.3 Å². The number of benzene rings is 2. The van der Waals surface area contributed by atoms with E-state index in [1.54, 1.807) is 6.07 Å². The lowest BCUT2D eigenvalue weighted by molar-refractivity contribution is -0.136. The topological polar surface area (TPSA) is 50.9 Å². The van der Waals surface area contributed by atoms with Crippen LogP contribution in [0.4, 0.5) is 13.2 Å². The highest BCUT2D eigenvalue weighted by molar-refractivity contribution is 5.78. The monoisotopic (exact) mass is 391 g/mol. The smallest absolute Gasteiger partial charge is 0.418 e. The highest BCUT2D eigenvalue weighted by Gasteiger charge is 2.34. The minimum absolute atomic E-state index is 0.0851. The van der Waals surface area contributed by atoms with Crippen LogP contribution < -0.4 is 0 Å². The van der Waals surface area contributed by atoms with Crippen molar-refractivity contribution < 1.29 is 18.3 Å². The molecular weight excluding hydrogens is 367 g/mol. The van der Waals surface area contributed by atoms with Gasteiger partial charge in [-0.3, -0.25) is 0 Å². The molecule has 0 unspecified atom stereocenters. The van der Waals surface area contributed by atoms with Crippen LogP contribution in [-0.2, 0) is 11.6 Å². The van der Waals surface area contributed by atoms with Gasteiger partial charge < -0.3 is 5.11 Å². The summed E-state index contributed by atoms with van der Waals surface area (Å²) >= 11 is 0. The Hall–Kier alpha value is -2.57. The van der Waals surface area contributed by atoms with Crippen molar-refractivity contribution in [3.63, 3.8) is 0 Å². The van der Waals surface area contributed by atoms with Crippen LogP contribution in [0.2, 0.25) is 0 Å². The molecule has 0 radical (unpaired) electrons. The molecule has 3 aromatic rings. The molecule has 7 heteroatoms. The highest BCUT2D eigenvalue weighted by atomic mass is 19.4. The third-order valence-electron chi connectivity index (χ3n) is 4.66. The van der Waals surface area contributed by atoms with Crippen LogP contribution >= 0.6 is 0 Å². The fraction of sp³-hybridized carbons (Fsp3) is 0.429. The molecule has 0 saturated carbocycles. The fourth-order valence-electron chi connectivity index (χ4n) is 3.81. The minimum atomic E-state index is -4.53. The maximum absolute atomic E-state index is 13.3. The van der Waals surface area contributed by atoms with Gasteiger partial charge in [0.1, 0.15) is 22.5 Å². The predicted octanol–water partition coefficient (Wildman–Crippen LogP) is 5.86. The van der Waals surface area contributed by atoms with E-state index in [9.17, 15) is 18.3 Å². The van der Waals surface area contributed by atoms with Gasteiger partial charge in [-0.05, 0) is 47.1 Å². The van der Waals surface area contributed by atoms with Crippen LogP contribution in [0.25, 0.3) is 16.7 Å². The van der Waals surface area contributed by atoms with Crippen molar-refractivity contribution in [1.29, 1.82) is 0 Å². The average Bonchev–Trinajstić information content (AvgIpc) is 2.95. The maximum Gasteiger partial charge on any atom is 0.418 e. The van der Waals surface area contributed by atoms with E-state index in [0.29, 0.717) is 0 Å². The zero-order valence-corrected chi connectivity index (χ0v) is 16.6. The molecule has 0 bridgehead atoms. The average molecular weight is 391 g/mol. The SMILES string of the molecule is CC(C)(C)CC(C)(C)c1ccc(O)c(-n2nc3cccc(C(F)(F)F)c3n2)c1. The molecule has 0 saturated heterocycles. The van der Waals surface area contributed by atoms with Crippen LogP contribution in [0.15, 0.2) is 36.4 Å². The Balaban J connectivity index is 2.12. The van der Waals surface area contributed by atoms with Crippen molar-refractivity contribution in [2.24, 2.45) is 5.41 Å². The molecule has 3 rings (SSSR count). The second-order valence-corrected chi connectivity index (χ2v) is 8.99. The molecule has 150 valence electrons. The summed E-state index contributed by atoms with van der Waals surface area (Å²) in [7, 11) is 0. The van der Waals surface area contributed by atoms with Gasteiger partial charge >= 0.3 is 6.18 Å². The molecule has 4 nitrogen and oxygen atoms in total. The molecule has 2 aromatic carbocycles. The molecular formula is C21H24F3N3O. The first-order valence-electron chi connectivity index (χ1n) is 9.05. The number of hydrogen-bond acceptors (Lipinski definition) is 3. The summed E-state index contributed by atoms with van der Waals surface area (Å²) in [6.07, 6.45) is -3.64. The molecule has 0 amide bonds. The lowest BCUT2D eigenvalue weighted by Crippen LogP contribution is -2.25. The number of fused-ring (bicyclic) bond motifs is 1. The van der Waals surface area contributed by atoms with Gasteiger partial charge in [0.05, 0.1) is 5.56 Å². The van der Waals surface area contributed by atoms with Crippen molar-refractivity contribution in [1.82, 2.24) is 15.0 Å². The molecule has 1 N–H and O–H groups in total. The van der Waals surface area contributed by atoms with Gasteiger partial charge in [0.15, 0.2) is 0 Å². The zero-order valence-electron chi connectivity index (χ0n) is 16.6. The summed E-state index contributed by atoms with van der Waals surface area (Å²) in [4.78, 5) is 1.08. The number of nitrogens with zero attached hydrogens (tertiary/aromatic N) is 3. The highest BCUT2D eigenvalue weighted by Crippen LogP contribution is 2.38. The van der Waals surface area contributed by atoms with Gasteiger partial charge in [0.25, 0.3) is 0 Å². The molecule has 0 atom stereocenters. The Morgan fingerprint density at radius 3 is 2.25 bits per heavy atom. The van der Waals surface area contributed by atoms with Crippen LogP contribution in [0.1, 0.15) is 52.2 Å². The van der Waals surface area contributed by atoms with Crippen LogP contribution in [0.5, 0.6) is 5.75 Å². The van der Waals surface area contributed by atoms with Crippen molar-refractivity contribution >= 4 is 11.0 Å². The van der Waals surface area contributed by atoms with E-state index >= 15 is 0 Å². The second kappa shape index (κ2) is 6.50. The molecule has 28 heavy (non-hydrogen) atoms. The van der Waals surface area contributed by atoms with Gasteiger partial charge in [-0.15, -0.1) is 15.0 Å². The van der Waals surface area contributed by atoms with Crippen LogP contribution in [0.3, 0.4) is 0 Å². The van der Waals surface area contributed by atoms with E-state index in [1.165, 1.54) is 18.2 Å². The van der Waals surface area contributed by atoms with E-state index in [4.69, 9.17) is 0 Å². The third-order valence-corrected chi connectivity index (χ3v) is 4.66. The largest absolute Gasteiger partial charge is 0.506 e. The third kappa shape index (κ3) is 3.98. The first-order chi connectivity index (χ1) is 12.8. The van der Waals surface area contributed by atoms with Crippen molar-refractivity contribution in [3.8, 4) is 11.4 Å². The summed E-state index contributed by atoms with van der Waals surface area (Å²) in [5.74, 6) is -0.0934. The Morgan fingerprint density at radius 1 is 0.964 bits per heavy atom. The molecule has 1 aromatic heterocycles. The summed E-state index contributed by atoms with van der Waals surface area (Å²) in [6.45, 7) is 10.6. The number of halogens is 3. The van der Waals surface area contributed by atoms with Crippen LogP contribution in [0, 0.1) is 5.41 Å². The second-order valence-electron chi connectivity index (χ2n) is 8.99. The van der Waals surface area contributed by atoms with Crippen molar-refractivity contribution in [2.75, 3.05) is 0 Å². The predicted molar refractivity (Wildman–Crippen MR) is 103 cm³/mol. The lowest BCUT2D eigenvalue weighted by atomic mass is 9.72. The van der Waals surface area contributed by atoms with Gasteiger partial charge in [0.2, 0.25) is 0 Å². The number of aromatic hydroxyl groups is 1. The Morgan fingerprint density at radius 2 is 1.64 bits per heavy atom. The normalized spacial score (nSPS) is 13.3. The summed E-state index contributed by atoms with van der Waals surface area (Å²) in [5.41, 5.74) is 0.116. The number of alkyl halides is 3. The fourth-order valence-corrected chi connectivity index (χ4v) is 3.81. The van der Waals surface area contributed by atoms with Gasteiger partial charge in [-0.1, -0.05) is 46.8 Å². The summed E-state index contributed by atoms with van der Waals surface area (Å²) in [6, 6.07) is 8.85. The van der Waals surface area contributed by atoms with E-state index in [2.05, 4.69) is 44.8 Å². The Bertz CT molecular complexity index is 1010. The van der Waals surface area contributed by atoms with E-state index < -0.39 is 11.7 Å². The molecule has 0 aliphatic heterocycles.